The van der Waals surface area contributed by atoms with E-state index in [0.29, 0.717) is 11.8 Å². The van der Waals surface area contributed by atoms with Crippen LogP contribution in [0.1, 0.15) is 44.4 Å². The van der Waals surface area contributed by atoms with Gasteiger partial charge in [-0.25, -0.2) is 0 Å². The van der Waals surface area contributed by atoms with E-state index in [1.54, 1.807) is 0 Å². The van der Waals surface area contributed by atoms with Gasteiger partial charge in [-0.1, -0.05) is 45.0 Å². The number of rotatable bonds is 4. The molecule has 0 saturated carbocycles. The van der Waals surface area contributed by atoms with E-state index in [1.165, 1.54) is 11.1 Å². The molecule has 0 radical (unpaired) electrons. The van der Waals surface area contributed by atoms with Crippen molar-refractivity contribution >= 4 is 0 Å². The van der Waals surface area contributed by atoms with Crippen LogP contribution in [-0.4, -0.2) is 12.7 Å². The second kappa shape index (κ2) is 5.85. The van der Waals surface area contributed by atoms with Gasteiger partial charge in [0.15, 0.2) is 0 Å². The van der Waals surface area contributed by atoms with Crippen molar-refractivity contribution in [2.45, 2.75) is 45.8 Å². The second-order valence-corrected chi connectivity index (χ2v) is 5.97. The summed E-state index contributed by atoms with van der Waals surface area (Å²) < 4.78 is 5.78. The summed E-state index contributed by atoms with van der Waals surface area (Å²) in [5.74, 6) is 1.24. The van der Waals surface area contributed by atoms with E-state index < -0.39 is 0 Å². The zero-order valence-corrected chi connectivity index (χ0v) is 11.7. The smallest absolute Gasteiger partial charge is 0.0793 e. The Bertz CT molecular complexity index is 388. The number of nitrogens with two attached hydrogens (primary N) is 1. The van der Waals surface area contributed by atoms with Gasteiger partial charge in [-0.2, -0.15) is 0 Å². The molecule has 0 aliphatic carbocycles. The quantitative estimate of drug-likeness (QED) is 0.886. The fraction of sp³-hybridized carbons (Fsp3) is 0.625. The van der Waals surface area contributed by atoms with Crippen LogP contribution in [0.2, 0.25) is 0 Å². The van der Waals surface area contributed by atoms with Crippen molar-refractivity contribution in [2.75, 3.05) is 6.61 Å². The lowest BCUT2D eigenvalue weighted by molar-refractivity contribution is 0.0725. The maximum absolute atomic E-state index is 6.37. The van der Waals surface area contributed by atoms with Crippen LogP contribution in [-0.2, 0) is 11.2 Å². The average Bonchev–Trinajstić information content (AvgIpc) is 2.74. The summed E-state index contributed by atoms with van der Waals surface area (Å²) in [5.41, 5.74) is 8.96. The van der Waals surface area contributed by atoms with Gasteiger partial charge >= 0.3 is 0 Å². The number of ether oxygens (including phenoxy) is 1. The molecule has 0 spiro atoms. The Hall–Kier alpha value is -0.860. The van der Waals surface area contributed by atoms with E-state index in [0.717, 1.165) is 19.4 Å². The molecule has 1 fully saturated rings. The van der Waals surface area contributed by atoms with Crippen LogP contribution >= 0.6 is 0 Å². The lowest BCUT2D eigenvalue weighted by Crippen LogP contribution is -2.29. The van der Waals surface area contributed by atoms with Crippen molar-refractivity contribution < 1.29 is 4.74 Å². The summed E-state index contributed by atoms with van der Waals surface area (Å²) in [5, 5.41) is 0. The fourth-order valence-electron chi connectivity index (χ4n) is 2.76. The van der Waals surface area contributed by atoms with Gasteiger partial charge in [-0.05, 0) is 35.8 Å². The molecule has 1 aromatic carbocycles. The molecule has 0 amide bonds. The molecule has 1 saturated heterocycles. The first-order valence-electron chi connectivity index (χ1n) is 7.04. The van der Waals surface area contributed by atoms with Crippen molar-refractivity contribution in [1.29, 1.82) is 0 Å². The van der Waals surface area contributed by atoms with Crippen LogP contribution in [0.25, 0.3) is 0 Å². The third kappa shape index (κ3) is 3.12. The highest BCUT2D eigenvalue weighted by atomic mass is 16.5. The topological polar surface area (TPSA) is 35.2 Å². The van der Waals surface area contributed by atoms with Crippen molar-refractivity contribution in [3.8, 4) is 0 Å². The molecular weight excluding hydrogens is 222 g/mol. The van der Waals surface area contributed by atoms with Crippen LogP contribution < -0.4 is 5.73 Å². The van der Waals surface area contributed by atoms with Gasteiger partial charge in [0.2, 0.25) is 0 Å². The van der Waals surface area contributed by atoms with E-state index in [4.69, 9.17) is 10.5 Å². The Morgan fingerprint density at radius 2 is 2.17 bits per heavy atom. The lowest BCUT2D eigenvalue weighted by atomic mass is 9.91. The summed E-state index contributed by atoms with van der Waals surface area (Å²) in [7, 11) is 0. The van der Waals surface area contributed by atoms with Crippen molar-refractivity contribution in [3.63, 3.8) is 0 Å². The van der Waals surface area contributed by atoms with Crippen molar-refractivity contribution in [1.82, 2.24) is 0 Å². The molecule has 2 nitrogen and oxygen atoms in total. The molecule has 1 aliphatic heterocycles. The molecule has 3 unspecified atom stereocenters. The Balaban J connectivity index is 2.12. The van der Waals surface area contributed by atoms with Crippen LogP contribution in [0.3, 0.4) is 0 Å². The van der Waals surface area contributed by atoms with Crippen LogP contribution in [0.4, 0.5) is 0 Å². The fourth-order valence-corrected chi connectivity index (χ4v) is 2.76. The zero-order chi connectivity index (χ0) is 13.1. The predicted octanol–water partition coefficient (Wildman–Crippen LogP) is 3.31. The molecule has 1 aliphatic rings. The summed E-state index contributed by atoms with van der Waals surface area (Å²) in [6.07, 6.45) is 2.42. The third-order valence-electron chi connectivity index (χ3n) is 3.78. The Morgan fingerprint density at radius 3 is 2.78 bits per heavy atom. The molecule has 3 atom stereocenters. The van der Waals surface area contributed by atoms with Gasteiger partial charge in [-0.15, -0.1) is 0 Å². The lowest BCUT2D eigenvalue weighted by Gasteiger charge is -2.23. The normalized spacial score (nSPS) is 25.6. The maximum atomic E-state index is 6.37. The van der Waals surface area contributed by atoms with Crippen LogP contribution in [0.15, 0.2) is 24.3 Å². The zero-order valence-electron chi connectivity index (χ0n) is 11.7. The SMILES string of the molecule is CC(C)Cc1cccc(C(N)C2OCCC2C)c1. The number of hydrogen-bond donors (Lipinski definition) is 1. The summed E-state index contributed by atoms with van der Waals surface area (Å²) in [4.78, 5) is 0. The highest BCUT2D eigenvalue weighted by Gasteiger charge is 2.30. The average molecular weight is 247 g/mol. The molecular formula is C16H25NO. The van der Waals surface area contributed by atoms with Gasteiger partial charge in [0.05, 0.1) is 12.1 Å². The Kier molecular flexibility index (Phi) is 4.41. The standard InChI is InChI=1S/C16H25NO/c1-11(2)9-13-5-4-6-14(10-13)15(17)16-12(3)7-8-18-16/h4-6,10-12,15-16H,7-9,17H2,1-3H3. The molecule has 0 aromatic heterocycles. The summed E-state index contributed by atoms with van der Waals surface area (Å²) >= 11 is 0. The largest absolute Gasteiger partial charge is 0.376 e. The van der Waals surface area contributed by atoms with Gasteiger partial charge in [-0.3, -0.25) is 0 Å². The Morgan fingerprint density at radius 1 is 1.39 bits per heavy atom. The van der Waals surface area contributed by atoms with Gasteiger partial charge < -0.3 is 10.5 Å². The number of hydrogen-bond acceptors (Lipinski definition) is 2. The minimum absolute atomic E-state index is 0.00890. The third-order valence-corrected chi connectivity index (χ3v) is 3.78. The molecule has 1 aromatic rings. The minimum Gasteiger partial charge on any atom is -0.376 e. The molecule has 0 bridgehead atoms. The molecule has 2 N–H and O–H groups in total. The van der Waals surface area contributed by atoms with Gasteiger partial charge in [0, 0.05) is 6.61 Å². The van der Waals surface area contributed by atoms with E-state index >= 15 is 0 Å². The second-order valence-electron chi connectivity index (χ2n) is 5.97. The monoisotopic (exact) mass is 247 g/mol. The molecule has 2 heteroatoms. The Labute approximate surface area is 111 Å². The van der Waals surface area contributed by atoms with E-state index in [2.05, 4.69) is 45.0 Å². The first kappa shape index (κ1) is 13.6. The predicted molar refractivity (Wildman–Crippen MR) is 75.4 cm³/mol. The molecule has 100 valence electrons. The molecule has 2 rings (SSSR count). The molecule has 1 heterocycles. The van der Waals surface area contributed by atoms with Gasteiger partial charge in [0.1, 0.15) is 0 Å². The van der Waals surface area contributed by atoms with E-state index in [9.17, 15) is 0 Å². The maximum Gasteiger partial charge on any atom is 0.0793 e. The van der Waals surface area contributed by atoms with Gasteiger partial charge in [0.25, 0.3) is 0 Å². The summed E-state index contributed by atoms with van der Waals surface area (Å²) in [6, 6.07) is 8.69. The van der Waals surface area contributed by atoms with Crippen molar-refractivity contribution in [3.05, 3.63) is 35.4 Å². The highest BCUT2D eigenvalue weighted by Crippen LogP contribution is 2.30. The minimum atomic E-state index is 0.00890. The van der Waals surface area contributed by atoms with Crippen molar-refractivity contribution in [2.24, 2.45) is 17.6 Å². The number of benzene rings is 1. The van der Waals surface area contributed by atoms with E-state index in [-0.39, 0.29) is 12.1 Å². The summed E-state index contributed by atoms with van der Waals surface area (Å²) in [6.45, 7) is 7.57. The highest BCUT2D eigenvalue weighted by molar-refractivity contribution is 5.27. The van der Waals surface area contributed by atoms with Crippen LogP contribution in [0, 0.1) is 11.8 Å². The first-order valence-corrected chi connectivity index (χ1v) is 7.04. The van der Waals surface area contributed by atoms with Crippen LogP contribution in [0.5, 0.6) is 0 Å². The van der Waals surface area contributed by atoms with E-state index in [1.807, 2.05) is 0 Å². The molecule has 18 heavy (non-hydrogen) atoms. The first-order chi connectivity index (χ1) is 8.58.